The van der Waals surface area contributed by atoms with Gasteiger partial charge in [-0.15, -0.1) is 0 Å². The van der Waals surface area contributed by atoms with Gasteiger partial charge in [0.25, 0.3) is 0 Å². The molecule has 84 valence electrons. The second-order valence-corrected chi connectivity index (χ2v) is 4.25. The third-order valence-corrected chi connectivity index (χ3v) is 2.97. The van der Waals surface area contributed by atoms with Crippen molar-refractivity contribution < 1.29 is 9.47 Å². The van der Waals surface area contributed by atoms with Crippen LogP contribution in [0.25, 0.3) is 10.9 Å². The molecule has 1 aliphatic rings. The summed E-state index contributed by atoms with van der Waals surface area (Å²) in [6, 6.07) is 3.73. The highest BCUT2D eigenvalue weighted by molar-refractivity contribution is 6.32. The van der Waals surface area contributed by atoms with Crippen LogP contribution in [0, 0.1) is 0 Å². The van der Waals surface area contributed by atoms with Crippen LogP contribution in [0.3, 0.4) is 0 Å². The molecule has 16 heavy (non-hydrogen) atoms. The molecule has 0 saturated carbocycles. The van der Waals surface area contributed by atoms with E-state index in [-0.39, 0.29) is 6.10 Å². The van der Waals surface area contributed by atoms with E-state index in [4.69, 9.17) is 21.1 Å². The molecule has 0 radical (unpaired) electrons. The minimum absolute atomic E-state index is 0.109. The molecule has 5 heteroatoms. The van der Waals surface area contributed by atoms with E-state index in [1.165, 1.54) is 0 Å². The topological polar surface area (TPSA) is 47.1 Å². The summed E-state index contributed by atoms with van der Waals surface area (Å²) in [5.41, 5.74) is 0.929. The van der Waals surface area contributed by atoms with E-state index in [0.29, 0.717) is 17.4 Å². The summed E-state index contributed by atoms with van der Waals surface area (Å²) >= 11 is 6.13. The van der Waals surface area contributed by atoms with Gasteiger partial charge < -0.3 is 9.47 Å². The van der Waals surface area contributed by atoms with Crippen LogP contribution in [-0.2, 0) is 4.74 Å². The number of fused-ring (bicyclic) bond motifs is 1. The van der Waals surface area contributed by atoms with Crippen molar-refractivity contribution in [3.8, 4) is 5.75 Å². The monoisotopic (exact) mass is 238 g/mol. The number of aromatic nitrogens is 2. The number of H-pyrrole nitrogens is 1. The van der Waals surface area contributed by atoms with Crippen molar-refractivity contribution in [2.24, 2.45) is 0 Å². The zero-order valence-electron chi connectivity index (χ0n) is 8.57. The summed E-state index contributed by atoms with van der Waals surface area (Å²) in [4.78, 5) is 0. The number of nitrogens with zero attached hydrogens (tertiary/aromatic N) is 1. The molecule has 1 N–H and O–H groups in total. The van der Waals surface area contributed by atoms with Crippen molar-refractivity contribution in [3.05, 3.63) is 23.4 Å². The van der Waals surface area contributed by atoms with Gasteiger partial charge in [0.05, 0.1) is 29.9 Å². The number of aromatic amines is 1. The zero-order valence-corrected chi connectivity index (χ0v) is 9.33. The molecular formula is C11H11ClN2O2. The van der Waals surface area contributed by atoms with Crippen LogP contribution in [0.5, 0.6) is 5.75 Å². The van der Waals surface area contributed by atoms with Gasteiger partial charge in [0, 0.05) is 17.9 Å². The third-order valence-electron chi connectivity index (χ3n) is 2.67. The minimum atomic E-state index is 0.109. The number of rotatable bonds is 2. The van der Waals surface area contributed by atoms with E-state index < -0.39 is 0 Å². The maximum atomic E-state index is 6.13. The Morgan fingerprint density at radius 3 is 3.25 bits per heavy atom. The maximum Gasteiger partial charge on any atom is 0.140 e. The SMILES string of the molecule is Clc1cc2cn[nH]c2cc1O[C@@H]1CCOC1. The third kappa shape index (κ3) is 1.74. The molecule has 0 aliphatic carbocycles. The molecular weight excluding hydrogens is 228 g/mol. The van der Waals surface area contributed by atoms with Crippen LogP contribution in [0.2, 0.25) is 5.02 Å². The molecule has 0 unspecified atom stereocenters. The molecule has 3 rings (SSSR count). The van der Waals surface area contributed by atoms with Crippen molar-refractivity contribution in [1.29, 1.82) is 0 Å². The van der Waals surface area contributed by atoms with Crippen molar-refractivity contribution in [2.75, 3.05) is 13.2 Å². The minimum Gasteiger partial charge on any atom is -0.486 e. The van der Waals surface area contributed by atoms with Gasteiger partial charge in [-0.05, 0) is 6.07 Å². The van der Waals surface area contributed by atoms with Gasteiger partial charge in [-0.1, -0.05) is 11.6 Å². The first-order valence-electron chi connectivity index (χ1n) is 5.20. The lowest BCUT2D eigenvalue weighted by Crippen LogP contribution is -2.15. The van der Waals surface area contributed by atoms with Crippen LogP contribution in [0.4, 0.5) is 0 Å². The lowest BCUT2D eigenvalue weighted by atomic mass is 10.2. The lowest BCUT2D eigenvalue weighted by Gasteiger charge is -2.12. The van der Waals surface area contributed by atoms with Crippen molar-refractivity contribution in [2.45, 2.75) is 12.5 Å². The highest BCUT2D eigenvalue weighted by Crippen LogP contribution is 2.30. The van der Waals surface area contributed by atoms with E-state index >= 15 is 0 Å². The van der Waals surface area contributed by atoms with E-state index in [1.807, 2.05) is 12.1 Å². The molecule has 4 nitrogen and oxygen atoms in total. The number of hydrogen-bond acceptors (Lipinski definition) is 3. The molecule has 0 spiro atoms. The molecule has 1 atom stereocenters. The molecule has 2 heterocycles. The molecule has 0 amide bonds. The van der Waals surface area contributed by atoms with E-state index in [0.717, 1.165) is 23.9 Å². The maximum absolute atomic E-state index is 6.13. The zero-order chi connectivity index (χ0) is 11.0. The van der Waals surface area contributed by atoms with Gasteiger partial charge in [0.15, 0.2) is 0 Å². The first-order valence-corrected chi connectivity index (χ1v) is 5.58. The van der Waals surface area contributed by atoms with Crippen molar-refractivity contribution in [1.82, 2.24) is 10.2 Å². The van der Waals surface area contributed by atoms with Gasteiger partial charge in [0.2, 0.25) is 0 Å². The highest BCUT2D eigenvalue weighted by Gasteiger charge is 2.18. The molecule has 1 aromatic carbocycles. The standard InChI is InChI=1S/C11H11ClN2O2/c12-9-3-7-5-13-14-10(7)4-11(9)16-8-1-2-15-6-8/h3-5,8H,1-2,6H2,(H,13,14)/t8-/m1/s1. The Labute approximate surface area is 97.5 Å². The normalized spacial score (nSPS) is 20.4. The number of halogens is 1. The summed E-state index contributed by atoms with van der Waals surface area (Å²) in [7, 11) is 0. The molecule has 1 fully saturated rings. The summed E-state index contributed by atoms with van der Waals surface area (Å²) in [5.74, 6) is 0.689. The number of hydrogen-bond donors (Lipinski definition) is 1. The van der Waals surface area contributed by atoms with Gasteiger partial charge in [-0.3, -0.25) is 5.10 Å². The smallest absolute Gasteiger partial charge is 0.140 e. The summed E-state index contributed by atoms with van der Waals surface area (Å²) < 4.78 is 11.0. The first kappa shape index (κ1) is 9.93. The van der Waals surface area contributed by atoms with Gasteiger partial charge >= 0.3 is 0 Å². The molecule has 0 bridgehead atoms. The summed E-state index contributed by atoms with van der Waals surface area (Å²) in [5, 5.41) is 8.44. The van der Waals surface area contributed by atoms with Gasteiger partial charge in [0.1, 0.15) is 11.9 Å². The molecule has 2 aromatic rings. The second kappa shape index (κ2) is 3.96. The fourth-order valence-corrected chi connectivity index (χ4v) is 2.04. The van der Waals surface area contributed by atoms with Crippen LogP contribution >= 0.6 is 11.6 Å². The Morgan fingerprint density at radius 1 is 1.50 bits per heavy atom. The fraction of sp³-hybridized carbons (Fsp3) is 0.364. The lowest BCUT2D eigenvalue weighted by molar-refractivity contribution is 0.141. The van der Waals surface area contributed by atoms with Crippen molar-refractivity contribution >= 4 is 22.5 Å². The van der Waals surface area contributed by atoms with E-state index in [9.17, 15) is 0 Å². The summed E-state index contributed by atoms with van der Waals surface area (Å²) in [6.45, 7) is 1.39. The average Bonchev–Trinajstić information content (AvgIpc) is 2.89. The predicted octanol–water partition coefficient (Wildman–Crippen LogP) is 2.38. The Morgan fingerprint density at radius 2 is 2.44 bits per heavy atom. The van der Waals surface area contributed by atoms with Crippen molar-refractivity contribution in [3.63, 3.8) is 0 Å². The Hall–Kier alpha value is -1.26. The van der Waals surface area contributed by atoms with E-state index in [2.05, 4.69) is 10.2 Å². The average molecular weight is 239 g/mol. The van der Waals surface area contributed by atoms with Crippen LogP contribution in [-0.4, -0.2) is 29.5 Å². The number of nitrogens with one attached hydrogen (secondary N) is 1. The highest BCUT2D eigenvalue weighted by atomic mass is 35.5. The number of ether oxygens (including phenoxy) is 2. The Bertz CT molecular complexity index is 506. The van der Waals surface area contributed by atoms with Crippen LogP contribution < -0.4 is 4.74 Å². The molecule has 1 aromatic heterocycles. The van der Waals surface area contributed by atoms with Gasteiger partial charge in [-0.25, -0.2) is 0 Å². The predicted molar refractivity (Wildman–Crippen MR) is 61.0 cm³/mol. The van der Waals surface area contributed by atoms with Gasteiger partial charge in [-0.2, -0.15) is 5.10 Å². The Kier molecular flexibility index (Phi) is 2.46. The van der Waals surface area contributed by atoms with Crippen LogP contribution in [0.1, 0.15) is 6.42 Å². The number of benzene rings is 1. The van der Waals surface area contributed by atoms with Crippen LogP contribution in [0.15, 0.2) is 18.3 Å². The van der Waals surface area contributed by atoms with E-state index in [1.54, 1.807) is 6.20 Å². The molecule has 1 aliphatic heterocycles. The first-order chi connectivity index (χ1) is 7.83. The second-order valence-electron chi connectivity index (χ2n) is 3.84. The largest absolute Gasteiger partial charge is 0.486 e. The quantitative estimate of drug-likeness (QED) is 0.874. The summed E-state index contributed by atoms with van der Waals surface area (Å²) in [6.07, 6.45) is 2.76. The fourth-order valence-electron chi connectivity index (χ4n) is 1.82. The molecule has 1 saturated heterocycles. The Balaban J connectivity index is 1.92.